The van der Waals surface area contributed by atoms with Gasteiger partial charge in [-0.1, -0.05) is 6.58 Å². The highest BCUT2D eigenvalue weighted by molar-refractivity contribution is 5.65. The Labute approximate surface area is 108 Å². The monoisotopic (exact) mass is 248 g/mol. The number of hydrogen-bond acceptors (Lipinski definition) is 4. The van der Waals surface area contributed by atoms with Crippen molar-refractivity contribution in [2.45, 2.75) is 25.9 Å². The molecule has 18 heavy (non-hydrogen) atoms. The molecule has 2 rings (SSSR count). The van der Waals surface area contributed by atoms with E-state index in [1.165, 1.54) is 0 Å². The Bertz CT molecular complexity index is 437. The molecule has 0 aromatic carbocycles. The lowest BCUT2D eigenvalue weighted by molar-refractivity contribution is 0.145. The van der Waals surface area contributed by atoms with Crippen molar-refractivity contribution in [2.75, 3.05) is 25.1 Å². The molecule has 1 aliphatic heterocycles. The largest absolute Gasteiger partial charge is 0.494 e. The van der Waals surface area contributed by atoms with Crippen molar-refractivity contribution in [3.05, 3.63) is 24.5 Å². The summed E-state index contributed by atoms with van der Waals surface area (Å²) in [6, 6.07) is 1.92. The molecule has 1 N–H and O–H groups in total. The predicted octanol–water partition coefficient (Wildman–Crippen LogP) is 2.08. The van der Waals surface area contributed by atoms with E-state index in [4.69, 9.17) is 4.74 Å². The fourth-order valence-electron chi connectivity index (χ4n) is 2.17. The maximum Gasteiger partial charge on any atom is 0.145 e. The topological polar surface area (TPSA) is 45.6 Å². The number of anilines is 1. The van der Waals surface area contributed by atoms with E-state index in [-0.39, 0.29) is 6.10 Å². The second-order valence-corrected chi connectivity index (χ2v) is 4.74. The zero-order valence-electron chi connectivity index (χ0n) is 11.0. The zero-order chi connectivity index (χ0) is 13.1. The Morgan fingerprint density at radius 3 is 2.72 bits per heavy atom. The number of aromatic nitrogens is 1. The third kappa shape index (κ3) is 2.64. The minimum Gasteiger partial charge on any atom is -0.494 e. The molecule has 0 aliphatic carbocycles. The quantitative estimate of drug-likeness (QED) is 0.889. The summed E-state index contributed by atoms with van der Waals surface area (Å²) in [4.78, 5) is 6.61. The summed E-state index contributed by atoms with van der Waals surface area (Å²) in [5.74, 6) is 0.819. The molecule has 1 fully saturated rings. The summed E-state index contributed by atoms with van der Waals surface area (Å²) in [5, 5.41) is 9.53. The number of pyridine rings is 1. The number of piperidine rings is 1. The van der Waals surface area contributed by atoms with Crippen LogP contribution in [0.1, 0.15) is 25.5 Å². The Kier molecular flexibility index (Phi) is 3.87. The lowest BCUT2D eigenvalue weighted by atomic mass is 10.1. The van der Waals surface area contributed by atoms with Gasteiger partial charge in [-0.25, -0.2) is 0 Å². The van der Waals surface area contributed by atoms with Crippen molar-refractivity contribution >= 4 is 11.3 Å². The summed E-state index contributed by atoms with van der Waals surface area (Å²) in [5.41, 5.74) is 2.77. The van der Waals surface area contributed by atoms with Gasteiger partial charge in [-0.2, -0.15) is 0 Å². The maximum absolute atomic E-state index is 9.53. The molecule has 0 atom stereocenters. The van der Waals surface area contributed by atoms with Gasteiger partial charge in [-0.15, -0.1) is 0 Å². The van der Waals surface area contributed by atoms with E-state index < -0.39 is 0 Å². The molecular formula is C14H20N2O2. The fraction of sp³-hybridized carbons (Fsp3) is 0.500. The van der Waals surface area contributed by atoms with Gasteiger partial charge in [0.2, 0.25) is 0 Å². The van der Waals surface area contributed by atoms with Crippen LogP contribution in [0, 0.1) is 0 Å². The molecule has 1 aromatic heterocycles. The SMILES string of the molecule is C=C(C)c1cc(OC)c(N2CCC(O)CC2)cn1. The Balaban J connectivity index is 2.24. The Morgan fingerprint density at radius 1 is 1.50 bits per heavy atom. The number of ether oxygens (including phenoxy) is 1. The van der Waals surface area contributed by atoms with Crippen LogP contribution in [-0.4, -0.2) is 36.4 Å². The first-order valence-corrected chi connectivity index (χ1v) is 6.24. The minimum absolute atomic E-state index is 0.171. The van der Waals surface area contributed by atoms with Crippen LogP contribution in [0.2, 0.25) is 0 Å². The second kappa shape index (κ2) is 5.40. The van der Waals surface area contributed by atoms with Crippen molar-refractivity contribution in [1.29, 1.82) is 0 Å². The van der Waals surface area contributed by atoms with Gasteiger partial charge in [-0.05, 0) is 25.3 Å². The molecule has 4 nitrogen and oxygen atoms in total. The Hall–Kier alpha value is -1.55. The van der Waals surface area contributed by atoms with Crippen molar-refractivity contribution in [1.82, 2.24) is 4.98 Å². The zero-order valence-corrected chi connectivity index (χ0v) is 11.0. The molecule has 98 valence electrons. The number of aliphatic hydroxyl groups excluding tert-OH is 1. The first-order valence-electron chi connectivity index (χ1n) is 6.24. The highest BCUT2D eigenvalue weighted by atomic mass is 16.5. The number of allylic oxidation sites excluding steroid dienone is 1. The van der Waals surface area contributed by atoms with E-state index in [1.54, 1.807) is 7.11 Å². The van der Waals surface area contributed by atoms with Crippen molar-refractivity contribution in [3.8, 4) is 5.75 Å². The minimum atomic E-state index is -0.171. The van der Waals surface area contributed by atoms with Crippen LogP contribution in [0.25, 0.3) is 5.57 Å². The molecule has 0 unspecified atom stereocenters. The molecule has 1 aromatic rings. The molecule has 1 saturated heterocycles. The smallest absolute Gasteiger partial charge is 0.145 e. The highest BCUT2D eigenvalue weighted by Gasteiger charge is 2.20. The number of aliphatic hydroxyl groups is 1. The highest BCUT2D eigenvalue weighted by Crippen LogP contribution is 2.31. The van der Waals surface area contributed by atoms with Crippen molar-refractivity contribution < 1.29 is 9.84 Å². The molecule has 1 aliphatic rings. The summed E-state index contributed by atoms with van der Waals surface area (Å²) < 4.78 is 5.43. The van der Waals surface area contributed by atoms with Crippen LogP contribution in [0.3, 0.4) is 0 Å². The molecule has 2 heterocycles. The van der Waals surface area contributed by atoms with Crippen molar-refractivity contribution in [2.24, 2.45) is 0 Å². The average molecular weight is 248 g/mol. The lowest BCUT2D eigenvalue weighted by Gasteiger charge is -2.32. The summed E-state index contributed by atoms with van der Waals surface area (Å²) in [6.07, 6.45) is 3.26. The van der Waals surface area contributed by atoms with Gasteiger partial charge in [0.25, 0.3) is 0 Å². The van der Waals surface area contributed by atoms with Crippen LogP contribution >= 0.6 is 0 Å². The van der Waals surface area contributed by atoms with E-state index in [2.05, 4.69) is 16.5 Å². The maximum atomic E-state index is 9.53. The van der Waals surface area contributed by atoms with Gasteiger partial charge in [0.1, 0.15) is 5.75 Å². The lowest BCUT2D eigenvalue weighted by Crippen LogP contribution is -2.36. The van der Waals surface area contributed by atoms with Crippen LogP contribution in [0.4, 0.5) is 5.69 Å². The van der Waals surface area contributed by atoms with Crippen molar-refractivity contribution in [3.63, 3.8) is 0 Å². The van der Waals surface area contributed by atoms with E-state index in [0.29, 0.717) is 0 Å². The molecule has 0 amide bonds. The number of hydrogen-bond donors (Lipinski definition) is 1. The van der Waals surface area contributed by atoms with E-state index in [9.17, 15) is 5.11 Å². The molecule has 4 heteroatoms. The third-order valence-electron chi connectivity index (χ3n) is 3.31. The summed E-state index contributed by atoms with van der Waals surface area (Å²) >= 11 is 0. The molecule has 0 radical (unpaired) electrons. The summed E-state index contributed by atoms with van der Waals surface area (Å²) in [6.45, 7) is 7.50. The molecule has 0 spiro atoms. The predicted molar refractivity (Wildman–Crippen MR) is 73.0 cm³/mol. The van der Waals surface area contributed by atoms with Gasteiger partial charge in [0.05, 0.1) is 30.8 Å². The number of rotatable bonds is 3. The van der Waals surface area contributed by atoms with Gasteiger partial charge < -0.3 is 14.7 Å². The first-order chi connectivity index (χ1) is 8.61. The molecule has 0 bridgehead atoms. The van der Waals surface area contributed by atoms with Gasteiger partial charge in [-0.3, -0.25) is 4.98 Å². The Morgan fingerprint density at radius 2 is 2.17 bits per heavy atom. The van der Waals surface area contributed by atoms with Crippen LogP contribution in [-0.2, 0) is 0 Å². The van der Waals surface area contributed by atoms with Crippen LogP contribution < -0.4 is 9.64 Å². The van der Waals surface area contributed by atoms with E-state index >= 15 is 0 Å². The van der Waals surface area contributed by atoms with E-state index in [0.717, 1.165) is 48.6 Å². The normalized spacial score (nSPS) is 16.7. The third-order valence-corrected chi connectivity index (χ3v) is 3.31. The number of methoxy groups -OCH3 is 1. The first kappa shape index (κ1) is 12.9. The van der Waals surface area contributed by atoms with E-state index in [1.807, 2.05) is 19.2 Å². The van der Waals surface area contributed by atoms with Crippen LogP contribution in [0.5, 0.6) is 5.75 Å². The van der Waals surface area contributed by atoms with Crippen LogP contribution in [0.15, 0.2) is 18.8 Å². The molecule has 0 saturated carbocycles. The van der Waals surface area contributed by atoms with Gasteiger partial charge >= 0.3 is 0 Å². The van der Waals surface area contributed by atoms with Gasteiger partial charge in [0.15, 0.2) is 0 Å². The summed E-state index contributed by atoms with van der Waals surface area (Å²) in [7, 11) is 1.67. The average Bonchev–Trinajstić information content (AvgIpc) is 2.39. The fourth-order valence-corrected chi connectivity index (χ4v) is 2.17. The standard InChI is InChI=1S/C14H20N2O2/c1-10(2)12-8-14(18-3)13(9-15-12)16-6-4-11(17)5-7-16/h8-9,11,17H,1,4-7H2,2-3H3. The van der Waals surface area contributed by atoms with Gasteiger partial charge in [0, 0.05) is 19.2 Å². The second-order valence-electron chi connectivity index (χ2n) is 4.74. The number of nitrogens with zero attached hydrogens (tertiary/aromatic N) is 2. The molecular weight excluding hydrogens is 228 g/mol.